The molecule has 1 aliphatic heterocycles. The molecule has 0 radical (unpaired) electrons. The molecule has 90 valence electrons. The van der Waals surface area contributed by atoms with Gasteiger partial charge in [0, 0.05) is 18.5 Å². The molecule has 3 rings (SSSR count). The van der Waals surface area contributed by atoms with Gasteiger partial charge in [0.2, 0.25) is 6.79 Å². The number of fused-ring (bicyclic) bond motifs is 1. The summed E-state index contributed by atoms with van der Waals surface area (Å²) in [6.07, 6.45) is 6.34. The molecular weight excluding hydrogens is 232 g/mol. The van der Waals surface area contributed by atoms with Gasteiger partial charge in [0.15, 0.2) is 11.5 Å². The molecule has 0 saturated carbocycles. The molecular formula is C13H10N2O3. The van der Waals surface area contributed by atoms with Crippen LogP contribution in [0.5, 0.6) is 11.5 Å². The van der Waals surface area contributed by atoms with Crippen LogP contribution in [0, 0.1) is 0 Å². The van der Waals surface area contributed by atoms with Gasteiger partial charge in [-0.1, -0.05) is 6.07 Å². The van der Waals surface area contributed by atoms with Crippen LogP contribution in [0.4, 0.5) is 0 Å². The SMILES string of the molecule is O=C(/C=C/c1ccc2c(c1)OCO2)n1cccn1. The lowest BCUT2D eigenvalue weighted by molar-refractivity contribution is 0.0955. The third-order valence-electron chi connectivity index (χ3n) is 2.55. The second-order valence-electron chi connectivity index (χ2n) is 3.73. The minimum absolute atomic E-state index is 0.197. The molecule has 0 bridgehead atoms. The number of aromatic nitrogens is 2. The van der Waals surface area contributed by atoms with Crippen molar-refractivity contribution in [1.29, 1.82) is 0 Å². The molecule has 0 unspecified atom stereocenters. The van der Waals surface area contributed by atoms with Gasteiger partial charge < -0.3 is 9.47 Å². The van der Waals surface area contributed by atoms with Crippen LogP contribution in [0.1, 0.15) is 10.4 Å². The van der Waals surface area contributed by atoms with E-state index in [9.17, 15) is 4.79 Å². The van der Waals surface area contributed by atoms with Crippen molar-refractivity contribution in [2.75, 3.05) is 6.79 Å². The highest BCUT2D eigenvalue weighted by Crippen LogP contribution is 2.32. The summed E-state index contributed by atoms with van der Waals surface area (Å²) in [5.74, 6) is 1.23. The average molecular weight is 242 g/mol. The van der Waals surface area contributed by atoms with Crippen LogP contribution >= 0.6 is 0 Å². The Morgan fingerprint density at radius 2 is 2.22 bits per heavy atom. The molecule has 1 aromatic heterocycles. The maximum absolute atomic E-state index is 11.7. The zero-order valence-corrected chi connectivity index (χ0v) is 9.45. The summed E-state index contributed by atoms with van der Waals surface area (Å²) in [7, 11) is 0. The Balaban J connectivity index is 1.78. The van der Waals surface area contributed by atoms with Crippen molar-refractivity contribution in [2.24, 2.45) is 0 Å². The summed E-state index contributed by atoms with van der Waals surface area (Å²) in [6, 6.07) is 7.21. The maximum Gasteiger partial charge on any atom is 0.270 e. The summed E-state index contributed by atoms with van der Waals surface area (Å²) in [4.78, 5) is 11.7. The molecule has 0 spiro atoms. The second-order valence-corrected chi connectivity index (χ2v) is 3.73. The molecule has 5 nitrogen and oxygen atoms in total. The van der Waals surface area contributed by atoms with Crippen LogP contribution in [-0.2, 0) is 0 Å². The Hall–Kier alpha value is -2.56. The molecule has 0 aliphatic carbocycles. The quantitative estimate of drug-likeness (QED) is 0.755. The van der Waals surface area contributed by atoms with Gasteiger partial charge >= 0.3 is 0 Å². The second kappa shape index (κ2) is 4.37. The lowest BCUT2D eigenvalue weighted by Crippen LogP contribution is -2.06. The van der Waals surface area contributed by atoms with E-state index in [0.29, 0.717) is 5.75 Å². The Labute approximate surface area is 103 Å². The summed E-state index contributed by atoms with van der Waals surface area (Å²) >= 11 is 0. The lowest BCUT2D eigenvalue weighted by atomic mass is 10.2. The highest BCUT2D eigenvalue weighted by molar-refractivity contribution is 5.93. The van der Waals surface area contributed by atoms with Gasteiger partial charge in [0.1, 0.15) is 0 Å². The van der Waals surface area contributed by atoms with Gasteiger partial charge in [-0.25, -0.2) is 4.68 Å². The number of benzene rings is 1. The van der Waals surface area contributed by atoms with E-state index < -0.39 is 0 Å². The number of ether oxygens (including phenoxy) is 2. The minimum atomic E-state index is -0.197. The number of hydrogen-bond acceptors (Lipinski definition) is 4. The molecule has 5 heteroatoms. The third kappa shape index (κ3) is 1.98. The van der Waals surface area contributed by atoms with E-state index in [-0.39, 0.29) is 12.7 Å². The van der Waals surface area contributed by atoms with Crippen molar-refractivity contribution < 1.29 is 14.3 Å². The van der Waals surface area contributed by atoms with E-state index in [1.807, 2.05) is 18.2 Å². The van der Waals surface area contributed by atoms with Crippen LogP contribution in [0.15, 0.2) is 42.7 Å². The van der Waals surface area contributed by atoms with Crippen LogP contribution in [-0.4, -0.2) is 22.5 Å². The number of rotatable bonds is 2. The molecule has 2 aromatic rings. The predicted molar refractivity (Wildman–Crippen MR) is 64.5 cm³/mol. The normalized spacial score (nSPS) is 13.1. The van der Waals surface area contributed by atoms with E-state index in [1.165, 1.54) is 10.8 Å². The highest BCUT2D eigenvalue weighted by atomic mass is 16.7. The van der Waals surface area contributed by atoms with Gasteiger partial charge in [-0.05, 0) is 29.8 Å². The van der Waals surface area contributed by atoms with E-state index >= 15 is 0 Å². The fourth-order valence-corrected chi connectivity index (χ4v) is 1.66. The summed E-state index contributed by atoms with van der Waals surface area (Å²) in [6.45, 7) is 0.245. The molecule has 18 heavy (non-hydrogen) atoms. The largest absolute Gasteiger partial charge is 0.454 e. The first-order valence-corrected chi connectivity index (χ1v) is 5.45. The van der Waals surface area contributed by atoms with E-state index in [1.54, 1.807) is 24.5 Å². The number of nitrogens with zero attached hydrogens (tertiary/aromatic N) is 2. The minimum Gasteiger partial charge on any atom is -0.454 e. The van der Waals surface area contributed by atoms with Crippen LogP contribution < -0.4 is 9.47 Å². The van der Waals surface area contributed by atoms with E-state index in [4.69, 9.17) is 9.47 Å². The average Bonchev–Trinajstić information content (AvgIpc) is 3.05. The standard InChI is InChI=1S/C13H10N2O3/c16-13(15-7-1-6-14-15)5-3-10-2-4-11-12(8-10)18-9-17-11/h1-8H,9H2/b5-3+. The molecule has 0 amide bonds. The molecule has 1 aliphatic rings. The molecule has 2 heterocycles. The summed E-state index contributed by atoms with van der Waals surface area (Å²) in [5, 5.41) is 3.86. The predicted octanol–water partition coefficient (Wildman–Crippen LogP) is 1.97. The number of carbonyl (C=O) groups is 1. The topological polar surface area (TPSA) is 53.4 Å². The van der Waals surface area contributed by atoms with Crippen molar-refractivity contribution in [2.45, 2.75) is 0 Å². The molecule has 0 N–H and O–H groups in total. The Morgan fingerprint density at radius 3 is 3.06 bits per heavy atom. The smallest absolute Gasteiger partial charge is 0.270 e. The third-order valence-corrected chi connectivity index (χ3v) is 2.55. The molecule has 0 saturated heterocycles. The van der Waals surface area contributed by atoms with Crippen molar-refractivity contribution in [1.82, 2.24) is 9.78 Å². The van der Waals surface area contributed by atoms with E-state index in [0.717, 1.165) is 11.3 Å². The Morgan fingerprint density at radius 1 is 1.33 bits per heavy atom. The Kier molecular flexibility index (Phi) is 2.57. The summed E-state index contributed by atoms with van der Waals surface area (Å²) in [5.41, 5.74) is 0.875. The maximum atomic E-state index is 11.7. The van der Waals surface area contributed by atoms with Gasteiger partial charge in [-0.3, -0.25) is 4.79 Å². The number of allylic oxidation sites excluding steroid dienone is 1. The van der Waals surface area contributed by atoms with Crippen molar-refractivity contribution in [3.8, 4) is 11.5 Å². The van der Waals surface area contributed by atoms with Gasteiger partial charge in [0.25, 0.3) is 5.91 Å². The molecule has 0 atom stereocenters. The molecule has 0 fully saturated rings. The first kappa shape index (κ1) is 10.6. The van der Waals surface area contributed by atoms with Crippen molar-refractivity contribution in [3.05, 3.63) is 48.3 Å². The Bertz CT molecular complexity index is 603. The lowest BCUT2D eigenvalue weighted by Gasteiger charge is -1.97. The highest BCUT2D eigenvalue weighted by Gasteiger charge is 2.12. The zero-order chi connectivity index (χ0) is 12.4. The monoisotopic (exact) mass is 242 g/mol. The number of hydrogen-bond donors (Lipinski definition) is 0. The van der Waals surface area contributed by atoms with Gasteiger partial charge in [-0.15, -0.1) is 0 Å². The first-order chi connectivity index (χ1) is 8.83. The first-order valence-electron chi connectivity index (χ1n) is 5.45. The van der Waals surface area contributed by atoms with Crippen LogP contribution in [0.2, 0.25) is 0 Å². The fraction of sp³-hybridized carbons (Fsp3) is 0.0769. The van der Waals surface area contributed by atoms with Crippen LogP contribution in [0.3, 0.4) is 0 Å². The molecule has 1 aromatic carbocycles. The van der Waals surface area contributed by atoms with Gasteiger partial charge in [0.05, 0.1) is 0 Å². The van der Waals surface area contributed by atoms with E-state index in [2.05, 4.69) is 5.10 Å². The zero-order valence-electron chi connectivity index (χ0n) is 9.45. The van der Waals surface area contributed by atoms with Crippen molar-refractivity contribution in [3.63, 3.8) is 0 Å². The van der Waals surface area contributed by atoms with Crippen molar-refractivity contribution >= 4 is 12.0 Å². The number of carbonyl (C=O) groups excluding carboxylic acids is 1. The fourth-order valence-electron chi connectivity index (χ4n) is 1.66. The summed E-state index contributed by atoms with van der Waals surface area (Å²) < 4.78 is 11.7. The van der Waals surface area contributed by atoms with Gasteiger partial charge in [-0.2, -0.15) is 5.10 Å². The van der Waals surface area contributed by atoms with Crippen LogP contribution in [0.25, 0.3) is 6.08 Å².